The number of anilines is 1. The lowest BCUT2D eigenvalue weighted by molar-refractivity contribution is 0.201. The van der Waals surface area contributed by atoms with Gasteiger partial charge in [0.1, 0.15) is 4.21 Å². The molecule has 2 aromatic heterocycles. The van der Waals surface area contributed by atoms with Crippen molar-refractivity contribution in [2.24, 2.45) is 0 Å². The van der Waals surface area contributed by atoms with Gasteiger partial charge in [0.2, 0.25) is 5.95 Å². The molecule has 2 aliphatic heterocycles. The van der Waals surface area contributed by atoms with Gasteiger partial charge in [-0.05, 0) is 17.5 Å². The molecule has 0 bridgehead atoms. The summed E-state index contributed by atoms with van der Waals surface area (Å²) in [6, 6.07) is 4.46. The number of rotatable bonds is 4. The Morgan fingerprint density at radius 2 is 1.74 bits per heavy atom. The summed E-state index contributed by atoms with van der Waals surface area (Å²) in [5.74, 6) is 0.225. The fourth-order valence-corrected chi connectivity index (χ4v) is 9.77. The van der Waals surface area contributed by atoms with Crippen molar-refractivity contribution in [3.8, 4) is 0 Å². The van der Waals surface area contributed by atoms with E-state index in [9.17, 15) is 16.8 Å². The van der Waals surface area contributed by atoms with Gasteiger partial charge in [-0.2, -0.15) is 0 Å². The highest BCUT2D eigenvalue weighted by Crippen LogP contribution is 2.31. The van der Waals surface area contributed by atoms with Gasteiger partial charge in [-0.3, -0.25) is 4.90 Å². The quantitative estimate of drug-likeness (QED) is 0.685. The second kappa shape index (κ2) is 7.12. The van der Waals surface area contributed by atoms with Gasteiger partial charge in [-0.1, -0.05) is 6.07 Å². The summed E-state index contributed by atoms with van der Waals surface area (Å²) in [5, 5.41) is 0.782. The first-order valence-corrected chi connectivity index (χ1v) is 12.9. The van der Waals surface area contributed by atoms with Crippen LogP contribution >= 0.6 is 11.3 Å². The Morgan fingerprint density at radius 3 is 2.37 bits per heavy atom. The summed E-state index contributed by atoms with van der Waals surface area (Å²) in [6.07, 6.45) is 3.36. The lowest BCUT2D eigenvalue weighted by Gasteiger charge is -2.39. The molecule has 2 fully saturated rings. The molecular formula is C16H20N4O4S3. The van der Waals surface area contributed by atoms with Gasteiger partial charge in [0.15, 0.2) is 19.7 Å². The number of nitrogens with zero attached hydrogens (tertiary/aromatic N) is 4. The largest absolute Gasteiger partial charge is 0.338 e. The van der Waals surface area contributed by atoms with Gasteiger partial charge >= 0.3 is 0 Å². The first-order chi connectivity index (χ1) is 12.9. The van der Waals surface area contributed by atoms with Gasteiger partial charge in [-0.15, -0.1) is 11.3 Å². The summed E-state index contributed by atoms with van der Waals surface area (Å²) >= 11 is 1.14. The lowest BCUT2D eigenvalue weighted by Crippen LogP contribution is -2.55. The molecule has 0 N–H and O–H groups in total. The van der Waals surface area contributed by atoms with Crippen LogP contribution in [0.5, 0.6) is 0 Å². The maximum Gasteiger partial charge on any atom is 0.225 e. The highest BCUT2D eigenvalue weighted by molar-refractivity contribution is 7.97. The Hall–Kier alpha value is -1.56. The van der Waals surface area contributed by atoms with Crippen LogP contribution in [0.4, 0.5) is 5.95 Å². The van der Waals surface area contributed by atoms with Crippen molar-refractivity contribution in [1.82, 2.24) is 14.9 Å². The van der Waals surface area contributed by atoms with Gasteiger partial charge in [0, 0.05) is 44.6 Å². The van der Waals surface area contributed by atoms with Crippen LogP contribution in [0.2, 0.25) is 0 Å². The number of aromatic nitrogens is 2. The monoisotopic (exact) mass is 428 g/mol. The molecule has 0 unspecified atom stereocenters. The van der Waals surface area contributed by atoms with E-state index in [-0.39, 0.29) is 15.7 Å². The maximum absolute atomic E-state index is 13.0. The molecule has 11 heteroatoms. The molecular weight excluding hydrogens is 408 g/mol. The van der Waals surface area contributed by atoms with E-state index >= 15 is 0 Å². The topological polar surface area (TPSA) is 101 Å². The zero-order valence-electron chi connectivity index (χ0n) is 14.5. The third-order valence-corrected chi connectivity index (χ3v) is 10.6. The Bertz CT molecular complexity index is 986. The van der Waals surface area contributed by atoms with E-state index < -0.39 is 31.0 Å². The molecule has 27 heavy (non-hydrogen) atoms. The number of sulfone groups is 2. The first kappa shape index (κ1) is 18.8. The molecule has 2 saturated heterocycles. The summed E-state index contributed by atoms with van der Waals surface area (Å²) in [6.45, 7) is 2.42. The summed E-state index contributed by atoms with van der Waals surface area (Å²) in [4.78, 5) is 12.5. The Balaban J connectivity index is 1.54. The normalized spacial score (nSPS) is 26.3. The van der Waals surface area contributed by atoms with E-state index in [0.717, 1.165) is 11.3 Å². The number of hydrogen-bond acceptors (Lipinski definition) is 9. The number of thiophene rings is 1. The average molecular weight is 429 g/mol. The Kier molecular flexibility index (Phi) is 4.95. The predicted octanol–water partition coefficient (Wildman–Crippen LogP) is 0.300. The molecule has 4 rings (SSSR count). The van der Waals surface area contributed by atoms with Crippen molar-refractivity contribution in [1.29, 1.82) is 0 Å². The van der Waals surface area contributed by atoms with Crippen LogP contribution in [-0.2, 0) is 19.7 Å². The predicted molar refractivity (Wildman–Crippen MR) is 104 cm³/mol. The molecule has 0 amide bonds. The molecule has 8 nitrogen and oxygen atoms in total. The minimum Gasteiger partial charge on any atom is -0.338 e. The standard InChI is InChI=1S/C16H20N4O4S3/c21-26(22)11-13(14(12-26)27(23,24)15-3-1-10-25-15)19-6-8-20(9-7-19)16-17-4-2-5-18-16/h1-5,10,13-14H,6-9,11-12H2/t13-,14-/m0/s1. The van der Waals surface area contributed by atoms with E-state index in [1.54, 1.807) is 36.0 Å². The maximum atomic E-state index is 13.0. The van der Waals surface area contributed by atoms with Crippen LogP contribution < -0.4 is 4.90 Å². The third-order valence-electron chi connectivity index (χ3n) is 5.06. The molecule has 0 radical (unpaired) electrons. The van der Waals surface area contributed by atoms with E-state index in [4.69, 9.17) is 0 Å². The zero-order valence-corrected chi connectivity index (χ0v) is 17.0. The minimum absolute atomic E-state index is 0.107. The van der Waals surface area contributed by atoms with E-state index in [0.29, 0.717) is 32.1 Å². The molecule has 146 valence electrons. The van der Waals surface area contributed by atoms with Crippen LogP contribution in [0.3, 0.4) is 0 Å². The van der Waals surface area contributed by atoms with E-state index in [1.165, 1.54) is 0 Å². The van der Waals surface area contributed by atoms with Crippen molar-refractivity contribution in [2.75, 3.05) is 42.6 Å². The summed E-state index contributed by atoms with van der Waals surface area (Å²) in [5.41, 5.74) is 0. The molecule has 2 atom stereocenters. The highest BCUT2D eigenvalue weighted by atomic mass is 32.2. The fraction of sp³-hybridized carbons (Fsp3) is 0.500. The highest BCUT2D eigenvalue weighted by Gasteiger charge is 2.49. The Labute approximate surface area is 162 Å². The average Bonchev–Trinajstić information content (AvgIpc) is 3.31. The third kappa shape index (κ3) is 3.73. The minimum atomic E-state index is -3.67. The molecule has 0 spiro atoms. The van der Waals surface area contributed by atoms with Gasteiger partial charge in [-0.25, -0.2) is 26.8 Å². The van der Waals surface area contributed by atoms with Gasteiger partial charge < -0.3 is 4.90 Å². The van der Waals surface area contributed by atoms with Crippen molar-refractivity contribution >= 4 is 37.0 Å². The molecule has 4 heterocycles. The second-order valence-electron chi connectivity index (χ2n) is 6.73. The van der Waals surface area contributed by atoms with Crippen LogP contribution in [0.15, 0.2) is 40.2 Å². The van der Waals surface area contributed by atoms with Crippen LogP contribution in [0.25, 0.3) is 0 Å². The Morgan fingerprint density at radius 1 is 1.04 bits per heavy atom. The molecule has 0 saturated carbocycles. The van der Waals surface area contributed by atoms with Crippen molar-refractivity contribution in [3.63, 3.8) is 0 Å². The fourth-order valence-electron chi connectivity index (χ4n) is 3.72. The van der Waals surface area contributed by atoms with Crippen molar-refractivity contribution < 1.29 is 16.8 Å². The smallest absolute Gasteiger partial charge is 0.225 e. The van der Waals surface area contributed by atoms with Gasteiger partial charge in [0.05, 0.1) is 16.8 Å². The van der Waals surface area contributed by atoms with Crippen molar-refractivity contribution in [2.45, 2.75) is 15.5 Å². The van der Waals surface area contributed by atoms with Crippen molar-refractivity contribution in [3.05, 3.63) is 36.0 Å². The van der Waals surface area contributed by atoms with Crippen LogP contribution in [0, 0.1) is 0 Å². The zero-order chi connectivity index (χ0) is 19.1. The molecule has 0 aliphatic carbocycles. The summed E-state index contributed by atoms with van der Waals surface area (Å²) in [7, 11) is -7.06. The molecule has 2 aliphatic rings. The molecule has 0 aromatic carbocycles. The second-order valence-corrected chi connectivity index (χ2v) is 12.2. The van der Waals surface area contributed by atoms with E-state index in [2.05, 4.69) is 9.97 Å². The molecule has 2 aromatic rings. The van der Waals surface area contributed by atoms with Crippen LogP contribution in [-0.4, -0.2) is 80.7 Å². The summed E-state index contributed by atoms with van der Waals surface area (Å²) < 4.78 is 50.8. The first-order valence-electron chi connectivity index (χ1n) is 8.61. The van der Waals surface area contributed by atoms with Crippen LogP contribution in [0.1, 0.15) is 0 Å². The lowest BCUT2D eigenvalue weighted by atomic mass is 10.2. The van der Waals surface area contributed by atoms with E-state index in [1.807, 2.05) is 9.80 Å². The SMILES string of the molecule is O=S1(=O)C[C@H](N2CCN(c3ncccn3)CC2)[C@@H](S(=O)(=O)c2cccs2)C1. The number of piperazine rings is 1. The van der Waals surface area contributed by atoms with Gasteiger partial charge in [0.25, 0.3) is 0 Å². The number of hydrogen-bond donors (Lipinski definition) is 0.